The highest BCUT2D eigenvalue weighted by molar-refractivity contribution is 7.92. The van der Waals surface area contributed by atoms with E-state index in [4.69, 9.17) is 9.47 Å². The summed E-state index contributed by atoms with van der Waals surface area (Å²) in [6.45, 7) is 0. The normalized spacial score (nSPS) is 11.1. The molecule has 0 saturated carbocycles. The van der Waals surface area contributed by atoms with E-state index in [2.05, 4.69) is 4.72 Å². The average molecular weight is 329 g/mol. The molecule has 0 aliphatic rings. The number of sulfonamides is 1. The first-order chi connectivity index (χ1) is 10.4. The van der Waals surface area contributed by atoms with Gasteiger partial charge in [-0.1, -0.05) is 0 Å². The van der Waals surface area contributed by atoms with E-state index < -0.39 is 26.6 Å². The van der Waals surface area contributed by atoms with Crippen LogP contribution in [0, 0.1) is 11.6 Å². The Hall–Kier alpha value is -2.35. The third kappa shape index (κ3) is 3.45. The van der Waals surface area contributed by atoms with Gasteiger partial charge in [-0.05, 0) is 24.3 Å². The van der Waals surface area contributed by atoms with Crippen LogP contribution in [0.25, 0.3) is 0 Å². The van der Waals surface area contributed by atoms with E-state index >= 15 is 0 Å². The molecule has 2 aromatic rings. The molecule has 0 spiro atoms. The van der Waals surface area contributed by atoms with Gasteiger partial charge in [-0.3, -0.25) is 4.72 Å². The van der Waals surface area contributed by atoms with Gasteiger partial charge in [0.2, 0.25) is 0 Å². The Morgan fingerprint density at radius 1 is 0.955 bits per heavy atom. The summed E-state index contributed by atoms with van der Waals surface area (Å²) in [4.78, 5) is -0.533. The maximum Gasteiger partial charge on any atom is 0.262 e. The Labute approximate surface area is 126 Å². The predicted octanol–water partition coefficient (Wildman–Crippen LogP) is 2.78. The maximum atomic E-state index is 13.2. The van der Waals surface area contributed by atoms with E-state index in [1.165, 1.54) is 26.4 Å². The monoisotopic (exact) mass is 329 g/mol. The van der Waals surface area contributed by atoms with Crippen molar-refractivity contribution in [3.63, 3.8) is 0 Å². The van der Waals surface area contributed by atoms with Crippen molar-refractivity contribution < 1.29 is 26.7 Å². The minimum atomic E-state index is -4.18. The minimum absolute atomic E-state index is 0.0894. The first kappa shape index (κ1) is 16.0. The zero-order valence-corrected chi connectivity index (χ0v) is 12.6. The van der Waals surface area contributed by atoms with Crippen molar-refractivity contribution in [2.24, 2.45) is 0 Å². The molecule has 0 radical (unpaired) electrons. The van der Waals surface area contributed by atoms with Gasteiger partial charge in [0.15, 0.2) is 0 Å². The van der Waals surface area contributed by atoms with Crippen LogP contribution in [-0.4, -0.2) is 22.6 Å². The molecule has 0 aromatic heterocycles. The summed E-state index contributed by atoms with van der Waals surface area (Å²) < 4.78 is 63.1. The number of ether oxygens (including phenoxy) is 2. The molecule has 0 aliphatic heterocycles. The molecule has 2 rings (SSSR count). The molecule has 1 N–H and O–H groups in total. The van der Waals surface area contributed by atoms with Gasteiger partial charge in [0, 0.05) is 12.1 Å². The van der Waals surface area contributed by atoms with Gasteiger partial charge in [-0.25, -0.2) is 17.2 Å². The second kappa shape index (κ2) is 6.18. The number of hydrogen-bond acceptors (Lipinski definition) is 4. The first-order valence-corrected chi connectivity index (χ1v) is 7.55. The highest BCUT2D eigenvalue weighted by Crippen LogP contribution is 2.31. The van der Waals surface area contributed by atoms with Crippen molar-refractivity contribution >= 4 is 15.7 Å². The Morgan fingerprint density at radius 2 is 1.59 bits per heavy atom. The Morgan fingerprint density at radius 3 is 2.14 bits per heavy atom. The van der Waals surface area contributed by atoms with Crippen LogP contribution >= 0.6 is 0 Å². The SMILES string of the molecule is COc1ccc(OC)c(NS(=O)(=O)c2cc(F)cc(F)c2)c1. The van der Waals surface area contributed by atoms with Crippen molar-refractivity contribution in [2.75, 3.05) is 18.9 Å². The van der Waals surface area contributed by atoms with Crippen LogP contribution in [0.15, 0.2) is 41.3 Å². The van der Waals surface area contributed by atoms with Gasteiger partial charge in [0.1, 0.15) is 23.1 Å². The van der Waals surface area contributed by atoms with Gasteiger partial charge in [0.05, 0.1) is 24.8 Å². The molecule has 22 heavy (non-hydrogen) atoms. The summed E-state index contributed by atoms with van der Waals surface area (Å²) in [7, 11) is -1.40. The van der Waals surface area contributed by atoms with E-state index in [1.807, 2.05) is 0 Å². The van der Waals surface area contributed by atoms with Gasteiger partial charge in [-0.2, -0.15) is 0 Å². The third-order valence-corrected chi connectivity index (χ3v) is 4.14. The molecule has 0 fully saturated rings. The summed E-state index contributed by atoms with van der Waals surface area (Å²) in [5, 5.41) is 0. The molecule has 0 saturated heterocycles. The molecule has 8 heteroatoms. The van der Waals surface area contributed by atoms with Crippen LogP contribution < -0.4 is 14.2 Å². The first-order valence-electron chi connectivity index (χ1n) is 6.06. The summed E-state index contributed by atoms with van der Waals surface area (Å²) in [5.74, 6) is -1.35. The molecule has 0 bridgehead atoms. The maximum absolute atomic E-state index is 13.2. The summed E-state index contributed by atoms with van der Waals surface area (Å²) in [6.07, 6.45) is 0. The lowest BCUT2D eigenvalue weighted by atomic mass is 10.3. The molecule has 0 atom stereocenters. The third-order valence-electron chi connectivity index (χ3n) is 2.80. The molecule has 5 nitrogen and oxygen atoms in total. The topological polar surface area (TPSA) is 64.6 Å². The standard InChI is InChI=1S/C14H13F2NO4S/c1-20-11-3-4-14(21-2)13(8-11)17-22(18,19)12-6-9(15)5-10(16)7-12/h3-8,17H,1-2H3. The highest BCUT2D eigenvalue weighted by Gasteiger charge is 2.19. The van der Waals surface area contributed by atoms with Crippen molar-refractivity contribution in [3.05, 3.63) is 48.0 Å². The molecule has 0 aliphatic carbocycles. The smallest absolute Gasteiger partial charge is 0.262 e. The van der Waals surface area contributed by atoms with E-state index in [0.717, 1.165) is 12.1 Å². The van der Waals surface area contributed by atoms with E-state index in [9.17, 15) is 17.2 Å². The molecule has 2 aromatic carbocycles. The van der Waals surface area contributed by atoms with Crippen molar-refractivity contribution in [2.45, 2.75) is 4.90 Å². The van der Waals surface area contributed by atoms with E-state index in [-0.39, 0.29) is 11.4 Å². The number of hydrogen-bond donors (Lipinski definition) is 1. The number of methoxy groups -OCH3 is 2. The molecule has 0 heterocycles. The number of halogens is 2. The highest BCUT2D eigenvalue weighted by atomic mass is 32.2. The predicted molar refractivity (Wildman–Crippen MR) is 76.7 cm³/mol. The fourth-order valence-electron chi connectivity index (χ4n) is 1.78. The number of rotatable bonds is 5. The van der Waals surface area contributed by atoms with E-state index in [1.54, 1.807) is 6.07 Å². The number of nitrogens with one attached hydrogen (secondary N) is 1. The van der Waals surface area contributed by atoms with Crippen LogP contribution in [0.4, 0.5) is 14.5 Å². The Bertz CT molecular complexity index is 773. The summed E-state index contributed by atoms with van der Waals surface area (Å²) in [6, 6.07) is 6.51. The molecular formula is C14H13F2NO4S. The van der Waals surface area contributed by atoms with Gasteiger partial charge in [-0.15, -0.1) is 0 Å². The molecule has 118 valence electrons. The number of benzene rings is 2. The fourth-order valence-corrected chi connectivity index (χ4v) is 2.88. The van der Waals surface area contributed by atoms with E-state index in [0.29, 0.717) is 11.8 Å². The molecular weight excluding hydrogens is 316 g/mol. The van der Waals surface area contributed by atoms with Crippen molar-refractivity contribution in [1.29, 1.82) is 0 Å². The quantitative estimate of drug-likeness (QED) is 0.916. The summed E-state index contributed by atoms with van der Waals surface area (Å²) in [5.41, 5.74) is 0.0894. The molecule has 0 amide bonds. The van der Waals surface area contributed by atoms with Gasteiger partial charge in [0.25, 0.3) is 10.0 Å². The zero-order valence-electron chi connectivity index (χ0n) is 11.8. The second-order valence-electron chi connectivity index (χ2n) is 4.28. The van der Waals surface area contributed by atoms with Gasteiger partial charge < -0.3 is 9.47 Å². The van der Waals surface area contributed by atoms with Crippen LogP contribution in [0.3, 0.4) is 0 Å². The van der Waals surface area contributed by atoms with Crippen molar-refractivity contribution in [1.82, 2.24) is 0 Å². The van der Waals surface area contributed by atoms with Crippen molar-refractivity contribution in [3.8, 4) is 11.5 Å². The van der Waals surface area contributed by atoms with Gasteiger partial charge >= 0.3 is 0 Å². The van der Waals surface area contributed by atoms with Crippen LogP contribution in [0.1, 0.15) is 0 Å². The lowest BCUT2D eigenvalue weighted by Crippen LogP contribution is -2.14. The lowest BCUT2D eigenvalue weighted by molar-refractivity contribution is 0.405. The fraction of sp³-hybridized carbons (Fsp3) is 0.143. The van der Waals surface area contributed by atoms with Crippen LogP contribution in [0.5, 0.6) is 11.5 Å². The zero-order chi connectivity index (χ0) is 16.3. The Kier molecular flexibility index (Phi) is 4.51. The number of anilines is 1. The van der Waals surface area contributed by atoms with Crippen LogP contribution in [0.2, 0.25) is 0 Å². The minimum Gasteiger partial charge on any atom is -0.497 e. The lowest BCUT2D eigenvalue weighted by Gasteiger charge is -2.13. The second-order valence-corrected chi connectivity index (χ2v) is 5.96. The largest absolute Gasteiger partial charge is 0.497 e. The average Bonchev–Trinajstić information content (AvgIpc) is 2.45. The summed E-state index contributed by atoms with van der Waals surface area (Å²) >= 11 is 0. The molecule has 0 unspecified atom stereocenters. The van der Waals surface area contributed by atoms with Crippen LogP contribution in [-0.2, 0) is 10.0 Å². The Balaban J connectivity index is 2.44.